The quantitative estimate of drug-likeness (QED) is 0.473. The second kappa shape index (κ2) is 8.63. The first-order valence-electron chi connectivity index (χ1n) is 10.4. The van der Waals surface area contributed by atoms with E-state index in [9.17, 15) is 9.90 Å². The average molecular weight is 468 g/mol. The topological polar surface area (TPSA) is 74.5 Å². The van der Waals surface area contributed by atoms with Crippen molar-refractivity contribution in [1.29, 1.82) is 0 Å². The molecule has 0 radical (unpaired) electrons. The van der Waals surface area contributed by atoms with E-state index in [4.69, 9.17) is 11.6 Å². The van der Waals surface area contributed by atoms with Crippen LogP contribution < -0.4 is 0 Å². The maximum absolute atomic E-state index is 11.9. The summed E-state index contributed by atoms with van der Waals surface area (Å²) in [7, 11) is 2.15. The number of piperazine rings is 1. The molecule has 1 N–H and O–H groups in total. The van der Waals surface area contributed by atoms with Crippen LogP contribution in [0.4, 0.5) is 0 Å². The molecule has 1 fully saturated rings. The number of aromatic carboxylic acids is 1. The molecule has 0 aliphatic carbocycles. The summed E-state index contributed by atoms with van der Waals surface area (Å²) in [4.78, 5) is 26.1. The van der Waals surface area contributed by atoms with Gasteiger partial charge in [0.2, 0.25) is 0 Å². The van der Waals surface area contributed by atoms with Crippen LogP contribution in [0.2, 0.25) is 5.02 Å². The number of rotatable bonds is 5. The predicted octanol–water partition coefficient (Wildman–Crippen LogP) is 4.25. The number of carboxylic acid groups (broad SMARTS) is 1. The van der Waals surface area contributed by atoms with E-state index in [2.05, 4.69) is 38.9 Å². The smallest absolute Gasteiger partial charge is 0.348 e. The third-order valence-corrected chi connectivity index (χ3v) is 7.01. The van der Waals surface area contributed by atoms with Gasteiger partial charge in [0.1, 0.15) is 11.2 Å². The lowest BCUT2D eigenvalue weighted by atomic mass is 10.1. The number of nitrogens with zero attached hydrogens (tertiary/aromatic N) is 5. The normalized spacial score (nSPS) is 15.4. The van der Waals surface area contributed by atoms with Gasteiger partial charge in [0.05, 0.1) is 16.7 Å². The third-order valence-electron chi connectivity index (χ3n) is 5.73. The van der Waals surface area contributed by atoms with Crippen LogP contribution in [0.25, 0.3) is 27.4 Å². The zero-order valence-electron chi connectivity index (χ0n) is 17.5. The minimum absolute atomic E-state index is 0.177. The Labute approximate surface area is 194 Å². The third kappa shape index (κ3) is 4.14. The molecular formula is C23H22ClN5O2S. The van der Waals surface area contributed by atoms with E-state index in [-0.39, 0.29) is 4.88 Å². The Morgan fingerprint density at radius 3 is 2.72 bits per heavy atom. The standard InChI is InChI=1S/C23H22ClN5O2S/c1-27-7-9-28(10-8-27)13-15-5-6-19-18(11-15)25-14-29(19)23-26-20(21(32-23)22(30)31)16-3-2-4-17(24)12-16/h2-6,11-12,14H,7-10,13H2,1H3,(H,30,31). The van der Waals surface area contributed by atoms with Gasteiger partial charge in [0.25, 0.3) is 0 Å². The summed E-state index contributed by atoms with van der Waals surface area (Å²) < 4.78 is 1.85. The molecule has 0 bridgehead atoms. The number of carbonyl (C=O) groups is 1. The van der Waals surface area contributed by atoms with Gasteiger partial charge >= 0.3 is 5.97 Å². The fraction of sp³-hybridized carbons (Fsp3) is 0.261. The molecule has 1 saturated heterocycles. The summed E-state index contributed by atoms with van der Waals surface area (Å²) in [6.45, 7) is 5.19. The number of likely N-dealkylation sites (N-methyl/N-ethyl adjacent to an activating group) is 1. The van der Waals surface area contributed by atoms with Gasteiger partial charge in [-0.2, -0.15) is 0 Å². The van der Waals surface area contributed by atoms with Crippen LogP contribution in [0.5, 0.6) is 0 Å². The van der Waals surface area contributed by atoms with Crippen molar-refractivity contribution < 1.29 is 9.90 Å². The molecule has 32 heavy (non-hydrogen) atoms. The Morgan fingerprint density at radius 1 is 1.16 bits per heavy atom. The molecule has 0 unspecified atom stereocenters. The highest BCUT2D eigenvalue weighted by Gasteiger charge is 2.21. The molecule has 0 amide bonds. The fourth-order valence-corrected chi connectivity index (χ4v) is 5.06. The van der Waals surface area contributed by atoms with E-state index < -0.39 is 5.97 Å². The summed E-state index contributed by atoms with van der Waals surface area (Å²) >= 11 is 7.24. The van der Waals surface area contributed by atoms with E-state index in [0.717, 1.165) is 55.1 Å². The molecule has 7 nitrogen and oxygen atoms in total. The first-order chi connectivity index (χ1) is 15.5. The van der Waals surface area contributed by atoms with E-state index in [0.29, 0.717) is 21.4 Å². The highest BCUT2D eigenvalue weighted by molar-refractivity contribution is 7.16. The minimum atomic E-state index is -1.01. The zero-order chi connectivity index (χ0) is 22.2. The van der Waals surface area contributed by atoms with Crippen LogP contribution in [0.15, 0.2) is 48.8 Å². The van der Waals surface area contributed by atoms with Crippen LogP contribution in [-0.4, -0.2) is 68.6 Å². The summed E-state index contributed by atoms with van der Waals surface area (Å²) in [5.74, 6) is -1.01. The minimum Gasteiger partial charge on any atom is -0.477 e. The van der Waals surface area contributed by atoms with Gasteiger partial charge in [0, 0.05) is 43.3 Å². The molecule has 2 aromatic carbocycles. The molecular weight excluding hydrogens is 446 g/mol. The lowest BCUT2D eigenvalue weighted by molar-refractivity contribution is 0.0702. The number of aromatic nitrogens is 3. The number of thiazole rings is 1. The second-order valence-corrected chi connectivity index (χ2v) is 9.42. The number of hydrogen-bond donors (Lipinski definition) is 1. The largest absolute Gasteiger partial charge is 0.477 e. The number of carboxylic acids is 1. The summed E-state index contributed by atoms with van der Waals surface area (Å²) in [6, 6.07) is 13.3. The lowest BCUT2D eigenvalue weighted by Gasteiger charge is -2.32. The molecule has 0 saturated carbocycles. The highest BCUT2D eigenvalue weighted by Crippen LogP contribution is 2.33. The van der Waals surface area contributed by atoms with Gasteiger partial charge in [-0.05, 0) is 36.9 Å². The maximum Gasteiger partial charge on any atom is 0.348 e. The van der Waals surface area contributed by atoms with Crippen LogP contribution in [0.3, 0.4) is 0 Å². The fourth-order valence-electron chi connectivity index (χ4n) is 3.96. The molecule has 4 aromatic rings. The monoisotopic (exact) mass is 467 g/mol. The van der Waals surface area contributed by atoms with Gasteiger partial charge < -0.3 is 10.0 Å². The molecule has 9 heteroatoms. The number of imidazole rings is 1. The van der Waals surface area contributed by atoms with Crippen LogP contribution in [-0.2, 0) is 6.54 Å². The number of fused-ring (bicyclic) bond motifs is 1. The van der Waals surface area contributed by atoms with Gasteiger partial charge in [-0.15, -0.1) is 0 Å². The van der Waals surface area contributed by atoms with Crippen molar-refractivity contribution in [2.24, 2.45) is 0 Å². The second-order valence-electron chi connectivity index (χ2n) is 8.01. The van der Waals surface area contributed by atoms with Crippen molar-refractivity contribution in [3.05, 3.63) is 64.3 Å². The van der Waals surface area contributed by atoms with Crippen LogP contribution in [0.1, 0.15) is 15.2 Å². The molecule has 164 valence electrons. The van der Waals surface area contributed by atoms with E-state index in [1.807, 2.05) is 16.7 Å². The van der Waals surface area contributed by atoms with Gasteiger partial charge in [-0.25, -0.2) is 14.8 Å². The Bertz CT molecular complexity index is 1290. The lowest BCUT2D eigenvalue weighted by Crippen LogP contribution is -2.43. The van der Waals surface area contributed by atoms with E-state index in [1.165, 1.54) is 5.56 Å². The van der Waals surface area contributed by atoms with Crippen molar-refractivity contribution in [2.75, 3.05) is 33.2 Å². The molecule has 0 atom stereocenters. The molecule has 3 heterocycles. The van der Waals surface area contributed by atoms with Crippen molar-refractivity contribution >= 4 is 39.9 Å². The first kappa shape index (κ1) is 21.1. The predicted molar refractivity (Wildman–Crippen MR) is 127 cm³/mol. The summed E-state index contributed by atoms with van der Waals surface area (Å²) in [5, 5.41) is 10.8. The van der Waals surface area contributed by atoms with Gasteiger partial charge in [-0.3, -0.25) is 9.47 Å². The molecule has 2 aromatic heterocycles. The van der Waals surface area contributed by atoms with Crippen molar-refractivity contribution in [3.63, 3.8) is 0 Å². The molecule has 1 aliphatic rings. The Hall–Kier alpha value is -2.78. The van der Waals surface area contributed by atoms with Crippen molar-refractivity contribution in [2.45, 2.75) is 6.54 Å². The van der Waals surface area contributed by atoms with Crippen LogP contribution in [0, 0.1) is 0 Å². The number of halogens is 1. The van der Waals surface area contributed by atoms with E-state index >= 15 is 0 Å². The number of benzene rings is 2. The zero-order valence-corrected chi connectivity index (χ0v) is 19.1. The number of hydrogen-bond acceptors (Lipinski definition) is 6. The van der Waals surface area contributed by atoms with Gasteiger partial charge in [0.15, 0.2) is 5.13 Å². The van der Waals surface area contributed by atoms with Gasteiger partial charge in [-0.1, -0.05) is 41.1 Å². The van der Waals surface area contributed by atoms with Crippen molar-refractivity contribution in [3.8, 4) is 16.4 Å². The Kier molecular flexibility index (Phi) is 5.69. The molecule has 5 rings (SSSR count). The highest BCUT2D eigenvalue weighted by atomic mass is 35.5. The molecule has 0 spiro atoms. The van der Waals surface area contributed by atoms with Crippen LogP contribution >= 0.6 is 22.9 Å². The SMILES string of the molecule is CN1CCN(Cc2ccc3c(c2)ncn3-c2nc(-c3cccc(Cl)c3)c(C(=O)O)s2)CC1. The molecule has 1 aliphatic heterocycles. The Morgan fingerprint density at radius 2 is 1.97 bits per heavy atom. The summed E-state index contributed by atoms with van der Waals surface area (Å²) in [5.41, 5.74) is 4.07. The van der Waals surface area contributed by atoms with E-state index in [1.54, 1.807) is 24.5 Å². The first-order valence-corrected chi connectivity index (χ1v) is 11.5. The van der Waals surface area contributed by atoms with Crippen molar-refractivity contribution in [1.82, 2.24) is 24.3 Å². The Balaban J connectivity index is 1.47. The summed E-state index contributed by atoms with van der Waals surface area (Å²) in [6.07, 6.45) is 1.70. The average Bonchev–Trinajstić information content (AvgIpc) is 3.39. The maximum atomic E-state index is 11.9.